The number of rotatable bonds is 6. The fourth-order valence-electron chi connectivity index (χ4n) is 2.31. The van der Waals surface area contributed by atoms with Gasteiger partial charge in [0.05, 0.1) is 4.90 Å². The van der Waals surface area contributed by atoms with Gasteiger partial charge in [0.2, 0.25) is 10.0 Å². The van der Waals surface area contributed by atoms with E-state index in [1.54, 1.807) is 12.3 Å². The number of aromatic nitrogens is 1. The van der Waals surface area contributed by atoms with Crippen molar-refractivity contribution in [2.75, 3.05) is 11.5 Å². The Morgan fingerprint density at radius 1 is 1.38 bits per heavy atom. The van der Waals surface area contributed by atoms with E-state index >= 15 is 0 Å². The first-order chi connectivity index (χ1) is 9.88. The molecular weight excluding hydrogens is 306 g/mol. The maximum atomic E-state index is 12.5. The third kappa shape index (κ3) is 4.74. The molecule has 0 unspecified atom stereocenters. The van der Waals surface area contributed by atoms with Gasteiger partial charge in [-0.3, -0.25) is 0 Å². The molecule has 1 aromatic heterocycles. The van der Waals surface area contributed by atoms with Crippen LogP contribution in [0, 0.1) is 0 Å². The SMILES string of the molecule is CC(C)NCc1cc(S(=O)(=O)NC2CCSCC2)cn1C. The first-order valence-corrected chi connectivity index (χ1v) is 10.0. The Bertz CT molecular complexity index is 561. The van der Waals surface area contributed by atoms with E-state index in [4.69, 9.17) is 0 Å². The molecule has 1 aliphatic heterocycles. The van der Waals surface area contributed by atoms with Crippen molar-refractivity contribution in [2.45, 2.75) is 50.2 Å². The molecular formula is C14H25N3O2S2. The minimum Gasteiger partial charge on any atom is -0.352 e. The quantitative estimate of drug-likeness (QED) is 0.833. The number of hydrogen-bond acceptors (Lipinski definition) is 4. The smallest absolute Gasteiger partial charge is 0.242 e. The molecule has 0 radical (unpaired) electrons. The van der Waals surface area contributed by atoms with Gasteiger partial charge in [0.25, 0.3) is 0 Å². The van der Waals surface area contributed by atoms with Gasteiger partial charge in [-0.15, -0.1) is 0 Å². The lowest BCUT2D eigenvalue weighted by molar-refractivity contribution is 0.529. The van der Waals surface area contributed by atoms with Crippen LogP contribution < -0.4 is 10.0 Å². The molecule has 1 fully saturated rings. The molecule has 1 aromatic rings. The van der Waals surface area contributed by atoms with E-state index in [0.29, 0.717) is 17.5 Å². The molecule has 2 N–H and O–H groups in total. The third-order valence-corrected chi connectivity index (χ3v) is 6.16. The summed E-state index contributed by atoms with van der Waals surface area (Å²) in [5, 5.41) is 3.31. The standard InChI is InChI=1S/C14H25N3O2S2/c1-11(2)15-9-13-8-14(10-17(13)3)21(18,19)16-12-4-6-20-7-5-12/h8,10-12,15-16H,4-7,9H2,1-3H3. The highest BCUT2D eigenvalue weighted by atomic mass is 32.2. The van der Waals surface area contributed by atoms with Crippen LogP contribution in [-0.2, 0) is 23.6 Å². The van der Waals surface area contributed by atoms with Gasteiger partial charge in [-0.25, -0.2) is 13.1 Å². The molecule has 2 rings (SSSR count). The minimum absolute atomic E-state index is 0.0775. The lowest BCUT2D eigenvalue weighted by Gasteiger charge is -2.21. The first kappa shape index (κ1) is 16.9. The van der Waals surface area contributed by atoms with Gasteiger partial charge in [-0.2, -0.15) is 11.8 Å². The van der Waals surface area contributed by atoms with Gasteiger partial charge in [-0.05, 0) is 30.4 Å². The van der Waals surface area contributed by atoms with Crippen LogP contribution in [0.15, 0.2) is 17.2 Å². The van der Waals surface area contributed by atoms with Crippen molar-refractivity contribution in [2.24, 2.45) is 7.05 Å². The molecule has 0 spiro atoms. The highest BCUT2D eigenvalue weighted by Crippen LogP contribution is 2.20. The lowest BCUT2D eigenvalue weighted by atomic mass is 10.2. The Morgan fingerprint density at radius 3 is 2.67 bits per heavy atom. The summed E-state index contributed by atoms with van der Waals surface area (Å²) in [7, 11) is -1.53. The van der Waals surface area contributed by atoms with Crippen LogP contribution in [0.5, 0.6) is 0 Å². The van der Waals surface area contributed by atoms with Crippen molar-refractivity contribution in [3.63, 3.8) is 0 Å². The van der Waals surface area contributed by atoms with Crippen molar-refractivity contribution in [1.82, 2.24) is 14.6 Å². The Morgan fingerprint density at radius 2 is 2.05 bits per heavy atom. The van der Waals surface area contributed by atoms with Gasteiger partial charge < -0.3 is 9.88 Å². The summed E-state index contributed by atoms with van der Waals surface area (Å²) in [6.07, 6.45) is 3.52. The van der Waals surface area contributed by atoms with Crippen molar-refractivity contribution in [3.05, 3.63) is 18.0 Å². The highest BCUT2D eigenvalue weighted by molar-refractivity contribution is 7.99. The van der Waals surface area contributed by atoms with Crippen LogP contribution >= 0.6 is 11.8 Å². The molecule has 2 heterocycles. The number of thioether (sulfide) groups is 1. The third-order valence-electron chi connectivity index (χ3n) is 3.63. The molecule has 1 saturated heterocycles. The Kier molecular flexibility index (Phi) is 5.76. The van der Waals surface area contributed by atoms with E-state index in [0.717, 1.165) is 30.0 Å². The summed E-state index contributed by atoms with van der Waals surface area (Å²) >= 11 is 1.89. The van der Waals surface area contributed by atoms with E-state index in [1.165, 1.54) is 0 Å². The molecule has 7 heteroatoms. The molecule has 1 aliphatic rings. The van der Waals surface area contributed by atoms with Crippen LogP contribution in [-0.4, -0.2) is 36.6 Å². The average Bonchev–Trinajstić information content (AvgIpc) is 2.79. The number of nitrogens with one attached hydrogen (secondary N) is 2. The topological polar surface area (TPSA) is 63.1 Å². The van der Waals surface area contributed by atoms with E-state index in [1.807, 2.05) is 23.4 Å². The van der Waals surface area contributed by atoms with E-state index < -0.39 is 10.0 Å². The largest absolute Gasteiger partial charge is 0.352 e. The zero-order valence-corrected chi connectivity index (χ0v) is 14.6. The number of hydrogen-bond donors (Lipinski definition) is 2. The van der Waals surface area contributed by atoms with Gasteiger partial charge >= 0.3 is 0 Å². The van der Waals surface area contributed by atoms with Gasteiger partial charge in [-0.1, -0.05) is 13.8 Å². The molecule has 0 aromatic carbocycles. The summed E-state index contributed by atoms with van der Waals surface area (Å²) in [4.78, 5) is 0.365. The molecule has 120 valence electrons. The van der Waals surface area contributed by atoms with Crippen LogP contribution in [0.2, 0.25) is 0 Å². The zero-order valence-electron chi connectivity index (χ0n) is 12.9. The predicted molar refractivity (Wildman–Crippen MR) is 88.1 cm³/mol. The molecule has 21 heavy (non-hydrogen) atoms. The molecule has 0 atom stereocenters. The lowest BCUT2D eigenvalue weighted by Crippen LogP contribution is -2.37. The van der Waals surface area contributed by atoms with Crippen molar-refractivity contribution in [3.8, 4) is 0 Å². The number of sulfonamides is 1. The Hall–Kier alpha value is -0.500. The van der Waals surface area contributed by atoms with Crippen LogP contribution in [0.25, 0.3) is 0 Å². The summed E-state index contributed by atoms with van der Waals surface area (Å²) in [6, 6.07) is 2.21. The monoisotopic (exact) mass is 331 g/mol. The van der Waals surface area contributed by atoms with Crippen LogP contribution in [0.4, 0.5) is 0 Å². The molecule has 5 nitrogen and oxygen atoms in total. The maximum absolute atomic E-state index is 12.5. The second-order valence-corrected chi connectivity index (χ2v) is 8.76. The summed E-state index contributed by atoms with van der Waals surface area (Å²) < 4.78 is 29.6. The molecule has 0 bridgehead atoms. The maximum Gasteiger partial charge on any atom is 0.242 e. The van der Waals surface area contributed by atoms with Crippen molar-refractivity contribution in [1.29, 1.82) is 0 Å². The first-order valence-electron chi connectivity index (χ1n) is 7.37. The van der Waals surface area contributed by atoms with Crippen molar-refractivity contribution >= 4 is 21.8 Å². The van der Waals surface area contributed by atoms with Gasteiger partial charge in [0, 0.05) is 37.6 Å². The molecule has 0 aliphatic carbocycles. The Balaban J connectivity index is 2.07. The van der Waals surface area contributed by atoms with E-state index in [2.05, 4.69) is 23.9 Å². The summed E-state index contributed by atoms with van der Waals surface area (Å²) in [5.74, 6) is 2.07. The zero-order chi connectivity index (χ0) is 15.5. The highest BCUT2D eigenvalue weighted by Gasteiger charge is 2.23. The Labute approximate surface area is 131 Å². The van der Waals surface area contributed by atoms with E-state index in [9.17, 15) is 8.42 Å². The normalized spacial score (nSPS) is 17.5. The number of aryl methyl sites for hydroxylation is 1. The predicted octanol–water partition coefficient (Wildman–Crippen LogP) is 1.70. The molecule has 0 amide bonds. The fourth-order valence-corrected chi connectivity index (χ4v) is 4.82. The van der Waals surface area contributed by atoms with Crippen LogP contribution in [0.1, 0.15) is 32.4 Å². The summed E-state index contributed by atoms with van der Waals surface area (Å²) in [5.41, 5.74) is 0.975. The minimum atomic E-state index is -3.41. The van der Waals surface area contributed by atoms with Gasteiger partial charge in [0.1, 0.15) is 0 Å². The average molecular weight is 332 g/mol. The summed E-state index contributed by atoms with van der Waals surface area (Å²) in [6.45, 7) is 4.82. The fraction of sp³-hybridized carbons (Fsp3) is 0.714. The second kappa shape index (κ2) is 7.17. The number of nitrogens with zero attached hydrogens (tertiary/aromatic N) is 1. The van der Waals surface area contributed by atoms with Crippen molar-refractivity contribution < 1.29 is 8.42 Å². The molecule has 0 saturated carbocycles. The van der Waals surface area contributed by atoms with E-state index in [-0.39, 0.29) is 6.04 Å². The second-order valence-electron chi connectivity index (χ2n) is 5.82. The van der Waals surface area contributed by atoms with Gasteiger partial charge in [0.15, 0.2) is 0 Å². The van der Waals surface area contributed by atoms with Crippen LogP contribution in [0.3, 0.4) is 0 Å².